The van der Waals surface area contributed by atoms with Crippen molar-refractivity contribution in [2.75, 3.05) is 0 Å². The van der Waals surface area contributed by atoms with Crippen molar-refractivity contribution in [1.82, 2.24) is 14.1 Å². The summed E-state index contributed by atoms with van der Waals surface area (Å²) in [6, 6.07) is 17.6. The van der Waals surface area contributed by atoms with Gasteiger partial charge in [-0.2, -0.15) is 0 Å². The minimum absolute atomic E-state index is 0.0993. The third-order valence-corrected chi connectivity index (χ3v) is 3.28. The molecule has 1 N–H and O–H groups in total. The van der Waals surface area contributed by atoms with Crippen LogP contribution in [-0.2, 0) is 6.54 Å². The standard InChI is InChI=1S/C16H13N3O3/c20-14-17-15(21)19(13-9-5-2-6-10-13)16(22)18(14)11-12-7-3-1-4-8-12/h1-10H,11H2,(H,17,20,21). The molecule has 0 aliphatic carbocycles. The van der Waals surface area contributed by atoms with Gasteiger partial charge in [-0.1, -0.05) is 48.5 Å². The Bertz CT molecular complexity index is 954. The number of benzene rings is 2. The van der Waals surface area contributed by atoms with Gasteiger partial charge >= 0.3 is 17.1 Å². The Balaban J connectivity index is 2.19. The number of rotatable bonds is 3. The molecule has 0 saturated carbocycles. The zero-order valence-corrected chi connectivity index (χ0v) is 11.6. The van der Waals surface area contributed by atoms with E-state index in [0.29, 0.717) is 5.69 Å². The van der Waals surface area contributed by atoms with Crippen LogP contribution in [-0.4, -0.2) is 14.1 Å². The predicted molar refractivity (Wildman–Crippen MR) is 82.5 cm³/mol. The second-order valence-electron chi connectivity index (χ2n) is 4.76. The fourth-order valence-corrected chi connectivity index (χ4v) is 2.22. The van der Waals surface area contributed by atoms with Crippen LogP contribution in [0.3, 0.4) is 0 Å². The number of aromatic nitrogens is 3. The molecule has 0 spiro atoms. The van der Waals surface area contributed by atoms with Crippen molar-refractivity contribution < 1.29 is 0 Å². The number of nitrogens with one attached hydrogen (secondary N) is 1. The first kappa shape index (κ1) is 13.8. The first-order valence-electron chi connectivity index (χ1n) is 6.72. The van der Waals surface area contributed by atoms with Crippen LogP contribution in [0.25, 0.3) is 5.69 Å². The molecule has 3 rings (SSSR count). The fraction of sp³-hybridized carbons (Fsp3) is 0.0625. The topological polar surface area (TPSA) is 76.9 Å². The maximum atomic E-state index is 12.5. The van der Waals surface area contributed by atoms with Gasteiger partial charge in [0, 0.05) is 0 Å². The highest BCUT2D eigenvalue weighted by Crippen LogP contribution is 2.01. The molecule has 1 heterocycles. The van der Waals surface area contributed by atoms with Crippen molar-refractivity contribution in [3.63, 3.8) is 0 Å². The lowest BCUT2D eigenvalue weighted by Crippen LogP contribution is -2.48. The van der Waals surface area contributed by atoms with E-state index in [1.165, 1.54) is 0 Å². The van der Waals surface area contributed by atoms with E-state index < -0.39 is 17.1 Å². The molecule has 110 valence electrons. The average Bonchev–Trinajstić information content (AvgIpc) is 2.53. The molecule has 1 aromatic heterocycles. The van der Waals surface area contributed by atoms with Gasteiger partial charge in [-0.25, -0.2) is 23.5 Å². The van der Waals surface area contributed by atoms with E-state index in [-0.39, 0.29) is 6.54 Å². The molecule has 0 atom stereocenters. The normalized spacial score (nSPS) is 10.5. The quantitative estimate of drug-likeness (QED) is 0.774. The molecular weight excluding hydrogens is 282 g/mol. The molecule has 0 amide bonds. The molecule has 6 heteroatoms. The van der Waals surface area contributed by atoms with Gasteiger partial charge in [-0.15, -0.1) is 0 Å². The smallest absolute Gasteiger partial charge is 0.258 e. The van der Waals surface area contributed by atoms with E-state index in [2.05, 4.69) is 4.98 Å². The maximum absolute atomic E-state index is 12.5. The summed E-state index contributed by atoms with van der Waals surface area (Å²) in [5, 5.41) is 0. The Morgan fingerprint density at radius 1 is 0.773 bits per heavy atom. The van der Waals surface area contributed by atoms with Gasteiger partial charge in [0.2, 0.25) is 0 Å². The molecule has 22 heavy (non-hydrogen) atoms. The molecule has 0 aliphatic heterocycles. The molecule has 0 fully saturated rings. The second-order valence-corrected chi connectivity index (χ2v) is 4.76. The van der Waals surface area contributed by atoms with Gasteiger partial charge in [0.25, 0.3) is 0 Å². The number of hydrogen-bond acceptors (Lipinski definition) is 3. The molecule has 3 aromatic rings. The Morgan fingerprint density at radius 3 is 2.00 bits per heavy atom. The zero-order valence-electron chi connectivity index (χ0n) is 11.6. The summed E-state index contributed by atoms with van der Waals surface area (Å²) in [4.78, 5) is 38.6. The Hall–Kier alpha value is -3.15. The van der Waals surface area contributed by atoms with Crippen LogP contribution >= 0.6 is 0 Å². The highest BCUT2D eigenvalue weighted by atomic mass is 16.2. The van der Waals surface area contributed by atoms with Crippen LogP contribution in [0.2, 0.25) is 0 Å². The molecule has 0 radical (unpaired) electrons. The summed E-state index contributed by atoms with van der Waals surface area (Å²) in [6.07, 6.45) is 0. The zero-order chi connectivity index (χ0) is 15.5. The highest BCUT2D eigenvalue weighted by molar-refractivity contribution is 5.30. The van der Waals surface area contributed by atoms with Crippen molar-refractivity contribution in [3.05, 3.63) is 97.7 Å². The van der Waals surface area contributed by atoms with E-state index in [0.717, 1.165) is 14.7 Å². The average molecular weight is 295 g/mol. The van der Waals surface area contributed by atoms with E-state index >= 15 is 0 Å². The van der Waals surface area contributed by atoms with Crippen molar-refractivity contribution in [2.24, 2.45) is 0 Å². The summed E-state index contributed by atoms with van der Waals surface area (Å²) in [6.45, 7) is 0.0993. The van der Waals surface area contributed by atoms with Gasteiger partial charge in [0.05, 0.1) is 12.2 Å². The lowest BCUT2D eigenvalue weighted by Gasteiger charge is -2.08. The molecule has 0 saturated heterocycles. The lowest BCUT2D eigenvalue weighted by molar-refractivity contribution is 0.616. The SMILES string of the molecule is O=c1[nH]c(=O)n(-c2ccccc2)c(=O)n1Cc1ccccc1. The molecule has 6 nitrogen and oxygen atoms in total. The maximum Gasteiger partial charge on any atom is 0.341 e. The fourth-order valence-electron chi connectivity index (χ4n) is 2.22. The van der Waals surface area contributed by atoms with Gasteiger partial charge in [0.15, 0.2) is 0 Å². The van der Waals surface area contributed by atoms with Gasteiger partial charge in [-0.05, 0) is 17.7 Å². The monoisotopic (exact) mass is 295 g/mol. The Labute approximate surface area is 124 Å². The minimum atomic E-state index is -0.745. The number of aromatic amines is 1. The third-order valence-electron chi connectivity index (χ3n) is 3.28. The second kappa shape index (κ2) is 5.69. The van der Waals surface area contributed by atoms with Crippen molar-refractivity contribution >= 4 is 0 Å². The van der Waals surface area contributed by atoms with Crippen molar-refractivity contribution in [1.29, 1.82) is 0 Å². The summed E-state index contributed by atoms with van der Waals surface area (Å²) in [5.74, 6) is 0. The van der Waals surface area contributed by atoms with Crippen LogP contribution in [0.5, 0.6) is 0 Å². The lowest BCUT2D eigenvalue weighted by atomic mass is 10.2. The number of nitrogens with zero attached hydrogens (tertiary/aromatic N) is 2. The van der Waals surface area contributed by atoms with Crippen LogP contribution in [0.15, 0.2) is 75.0 Å². The Morgan fingerprint density at radius 2 is 1.36 bits per heavy atom. The molecule has 0 bridgehead atoms. The highest BCUT2D eigenvalue weighted by Gasteiger charge is 2.11. The molecular formula is C16H13N3O3. The summed E-state index contributed by atoms with van der Waals surface area (Å²) < 4.78 is 1.95. The van der Waals surface area contributed by atoms with Gasteiger partial charge in [-0.3, -0.25) is 4.98 Å². The van der Waals surface area contributed by atoms with Gasteiger partial charge < -0.3 is 0 Å². The summed E-state index contributed by atoms with van der Waals surface area (Å²) in [7, 11) is 0. The van der Waals surface area contributed by atoms with E-state index in [9.17, 15) is 14.4 Å². The third kappa shape index (κ3) is 2.54. The summed E-state index contributed by atoms with van der Waals surface area (Å²) >= 11 is 0. The van der Waals surface area contributed by atoms with E-state index in [4.69, 9.17) is 0 Å². The van der Waals surface area contributed by atoms with E-state index in [1.54, 1.807) is 30.3 Å². The van der Waals surface area contributed by atoms with Crippen LogP contribution in [0, 0.1) is 0 Å². The number of para-hydroxylation sites is 1. The minimum Gasteiger partial charge on any atom is -0.258 e. The van der Waals surface area contributed by atoms with Crippen molar-refractivity contribution in [3.8, 4) is 5.69 Å². The molecule has 0 unspecified atom stereocenters. The Kier molecular flexibility index (Phi) is 3.57. The first-order chi connectivity index (χ1) is 10.7. The van der Waals surface area contributed by atoms with Crippen molar-refractivity contribution in [2.45, 2.75) is 6.54 Å². The first-order valence-corrected chi connectivity index (χ1v) is 6.72. The van der Waals surface area contributed by atoms with Crippen LogP contribution in [0.4, 0.5) is 0 Å². The number of hydrogen-bond donors (Lipinski definition) is 1. The summed E-state index contributed by atoms with van der Waals surface area (Å²) in [5.41, 5.74) is -0.913. The van der Waals surface area contributed by atoms with E-state index in [1.807, 2.05) is 30.3 Å². The molecule has 2 aromatic carbocycles. The molecule has 0 aliphatic rings. The van der Waals surface area contributed by atoms with Gasteiger partial charge in [0.1, 0.15) is 0 Å². The van der Waals surface area contributed by atoms with Crippen LogP contribution in [0.1, 0.15) is 5.56 Å². The number of H-pyrrole nitrogens is 1. The van der Waals surface area contributed by atoms with Crippen LogP contribution < -0.4 is 17.1 Å². The largest absolute Gasteiger partial charge is 0.341 e. The predicted octanol–water partition coefficient (Wildman–Crippen LogP) is 0.736.